The molecule has 0 N–H and O–H groups in total. The predicted octanol–water partition coefficient (Wildman–Crippen LogP) is 0.861. The molecule has 0 bridgehead atoms. The normalized spacial score (nSPS) is 10.5. The number of rotatable bonds is 2. The van der Waals surface area contributed by atoms with Crippen LogP contribution in [0.2, 0.25) is 0 Å². The van der Waals surface area contributed by atoms with Crippen LogP contribution in [0.25, 0.3) is 5.65 Å². The van der Waals surface area contributed by atoms with Gasteiger partial charge in [-0.25, -0.2) is 4.98 Å². The van der Waals surface area contributed by atoms with E-state index in [1.165, 1.54) is 0 Å². The van der Waals surface area contributed by atoms with Crippen molar-refractivity contribution in [3.05, 3.63) is 30.5 Å². The molecule has 4 heteroatoms. The highest BCUT2D eigenvalue weighted by atomic mass is 16.1. The summed E-state index contributed by atoms with van der Waals surface area (Å²) in [6.45, 7) is 1.56. The van der Waals surface area contributed by atoms with Gasteiger partial charge >= 0.3 is 0 Å². The Labute approximate surface area is 75.2 Å². The first kappa shape index (κ1) is 7.91. The SMILES string of the molecule is CC(=O)Cc1cn2ccncc2n1. The second kappa shape index (κ2) is 2.97. The van der Waals surface area contributed by atoms with Crippen molar-refractivity contribution in [1.82, 2.24) is 14.4 Å². The minimum Gasteiger partial charge on any atom is -0.304 e. The van der Waals surface area contributed by atoms with Crippen LogP contribution in [0.3, 0.4) is 0 Å². The minimum absolute atomic E-state index is 0.122. The first-order valence-electron chi connectivity index (χ1n) is 4.03. The monoisotopic (exact) mass is 175 g/mol. The van der Waals surface area contributed by atoms with Gasteiger partial charge in [-0.15, -0.1) is 0 Å². The smallest absolute Gasteiger partial charge is 0.155 e. The molecule has 2 aromatic heterocycles. The predicted molar refractivity (Wildman–Crippen MR) is 47.4 cm³/mol. The highest BCUT2D eigenvalue weighted by molar-refractivity contribution is 5.77. The molecule has 0 aromatic carbocycles. The number of ketones is 1. The zero-order chi connectivity index (χ0) is 9.26. The summed E-state index contributed by atoms with van der Waals surface area (Å²) in [5.74, 6) is 0.122. The highest BCUT2D eigenvalue weighted by Crippen LogP contribution is 2.03. The Kier molecular flexibility index (Phi) is 1.81. The number of fused-ring (bicyclic) bond motifs is 1. The van der Waals surface area contributed by atoms with Crippen LogP contribution in [0.4, 0.5) is 0 Å². The number of hydrogen-bond donors (Lipinski definition) is 0. The zero-order valence-electron chi connectivity index (χ0n) is 7.27. The van der Waals surface area contributed by atoms with Crippen molar-refractivity contribution in [2.24, 2.45) is 0 Å². The van der Waals surface area contributed by atoms with E-state index in [-0.39, 0.29) is 5.78 Å². The summed E-state index contributed by atoms with van der Waals surface area (Å²) in [6, 6.07) is 0. The van der Waals surface area contributed by atoms with E-state index in [0.29, 0.717) is 6.42 Å². The lowest BCUT2D eigenvalue weighted by Crippen LogP contribution is -1.95. The molecule has 0 fully saturated rings. The van der Waals surface area contributed by atoms with Crippen molar-refractivity contribution < 1.29 is 4.79 Å². The van der Waals surface area contributed by atoms with Crippen molar-refractivity contribution in [1.29, 1.82) is 0 Å². The lowest BCUT2D eigenvalue weighted by atomic mass is 10.2. The van der Waals surface area contributed by atoms with Crippen LogP contribution in [0.1, 0.15) is 12.6 Å². The number of nitrogens with zero attached hydrogens (tertiary/aromatic N) is 3. The van der Waals surface area contributed by atoms with E-state index in [9.17, 15) is 4.79 Å². The van der Waals surface area contributed by atoms with Crippen LogP contribution in [-0.4, -0.2) is 20.2 Å². The van der Waals surface area contributed by atoms with Gasteiger partial charge in [-0.05, 0) is 6.92 Å². The third kappa shape index (κ3) is 1.56. The molecule has 0 spiro atoms. The van der Waals surface area contributed by atoms with Crippen LogP contribution < -0.4 is 0 Å². The molecular weight excluding hydrogens is 166 g/mol. The zero-order valence-corrected chi connectivity index (χ0v) is 7.27. The van der Waals surface area contributed by atoms with E-state index in [1.807, 2.05) is 16.8 Å². The average molecular weight is 175 g/mol. The first-order valence-corrected chi connectivity index (χ1v) is 4.03. The largest absolute Gasteiger partial charge is 0.304 e. The lowest BCUT2D eigenvalue weighted by molar-refractivity contribution is -0.116. The standard InChI is InChI=1S/C9H9N3O/c1-7(13)4-8-6-12-3-2-10-5-9(12)11-8/h2-3,5-6H,4H2,1H3. The van der Waals surface area contributed by atoms with Crippen molar-refractivity contribution in [3.8, 4) is 0 Å². The van der Waals surface area contributed by atoms with E-state index < -0.39 is 0 Å². The molecule has 4 nitrogen and oxygen atoms in total. The van der Waals surface area contributed by atoms with E-state index in [4.69, 9.17) is 0 Å². The second-order valence-electron chi connectivity index (χ2n) is 2.95. The van der Waals surface area contributed by atoms with Gasteiger partial charge in [-0.1, -0.05) is 0 Å². The van der Waals surface area contributed by atoms with Crippen molar-refractivity contribution in [3.63, 3.8) is 0 Å². The van der Waals surface area contributed by atoms with Gasteiger partial charge in [0.2, 0.25) is 0 Å². The minimum atomic E-state index is 0.122. The molecule has 0 aliphatic heterocycles. The number of carbonyl (C=O) groups is 1. The molecule has 0 saturated heterocycles. The number of imidazole rings is 1. The third-order valence-corrected chi connectivity index (χ3v) is 1.74. The fourth-order valence-corrected chi connectivity index (χ4v) is 1.24. The van der Waals surface area contributed by atoms with Crippen LogP contribution in [0.15, 0.2) is 24.8 Å². The molecular formula is C9H9N3O. The number of carbonyl (C=O) groups excluding carboxylic acids is 1. The van der Waals surface area contributed by atoms with Gasteiger partial charge in [0.15, 0.2) is 5.65 Å². The molecule has 2 heterocycles. The summed E-state index contributed by atoms with van der Waals surface area (Å²) in [6.07, 6.45) is 7.40. The maximum absolute atomic E-state index is 10.8. The Bertz CT molecular complexity index is 414. The molecule has 0 atom stereocenters. The van der Waals surface area contributed by atoms with Crippen LogP contribution in [-0.2, 0) is 11.2 Å². The Balaban J connectivity index is 2.44. The first-order chi connectivity index (χ1) is 6.25. The Morgan fingerprint density at radius 3 is 3.15 bits per heavy atom. The Hall–Kier alpha value is -1.71. The lowest BCUT2D eigenvalue weighted by Gasteiger charge is -1.86. The van der Waals surface area contributed by atoms with Gasteiger partial charge in [-0.3, -0.25) is 9.78 Å². The van der Waals surface area contributed by atoms with Gasteiger partial charge in [0.05, 0.1) is 11.9 Å². The van der Waals surface area contributed by atoms with Gasteiger partial charge in [0.25, 0.3) is 0 Å². The molecule has 13 heavy (non-hydrogen) atoms. The highest BCUT2D eigenvalue weighted by Gasteiger charge is 2.02. The molecule has 0 radical (unpaired) electrons. The summed E-state index contributed by atoms with van der Waals surface area (Å²) >= 11 is 0. The summed E-state index contributed by atoms with van der Waals surface area (Å²) in [4.78, 5) is 19.0. The van der Waals surface area contributed by atoms with Crippen LogP contribution in [0, 0.1) is 0 Å². The summed E-state index contributed by atoms with van der Waals surface area (Å²) in [5.41, 5.74) is 1.57. The van der Waals surface area contributed by atoms with Gasteiger partial charge in [0.1, 0.15) is 5.78 Å². The van der Waals surface area contributed by atoms with E-state index in [2.05, 4.69) is 9.97 Å². The van der Waals surface area contributed by atoms with Crippen LogP contribution >= 0.6 is 0 Å². The van der Waals surface area contributed by atoms with Gasteiger partial charge in [-0.2, -0.15) is 0 Å². The maximum Gasteiger partial charge on any atom is 0.155 e. The van der Waals surface area contributed by atoms with E-state index in [0.717, 1.165) is 11.3 Å². The van der Waals surface area contributed by atoms with Gasteiger partial charge < -0.3 is 4.40 Å². The van der Waals surface area contributed by atoms with Crippen LogP contribution in [0.5, 0.6) is 0 Å². The molecule has 66 valence electrons. The number of aromatic nitrogens is 3. The average Bonchev–Trinajstić information content (AvgIpc) is 2.44. The number of hydrogen-bond acceptors (Lipinski definition) is 3. The summed E-state index contributed by atoms with van der Waals surface area (Å²) in [5, 5.41) is 0. The molecule has 0 amide bonds. The topological polar surface area (TPSA) is 47.3 Å². The molecule has 2 aromatic rings. The molecule has 0 unspecified atom stereocenters. The molecule has 0 saturated carbocycles. The molecule has 2 rings (SSSR count). The Morgan fingerprint density at radius 1 is 1.62 bits per heavy atom. The summed E-state index contributed by atoms with van der Waals surface area (Å²) < 4.78 is 1.85. The third-order valence-electron chi connectivity index (χ3n) is 1.74. The summed E-state index contributed by atoms with van der Waals surface area (Å²) in [7, 11) is 0. The van der Waals surface area contributed by atoms with E-state index in [1.54, 1.807) is 19.3 Å². The van der Waals surface area contributed by atoms with Crippen molar-refractivity contribution in [2.75, 3.05) is 0 Å². The van der Waals surface area contributed by atoms with Crippen molar-refractivity contribution >= 4 is 11.4 Å². The molecule has 0 aliphatic rings. The van der Waals surface area contributed by atoms with Gasteiger partial charge in [0, 0.05) is 25.0 Å². The fraction of sp³-hybridized carbons (Fsp3) is 0.222. The fourth-order valence-electron chi connectivity index (χ4n) is 1.24. The quantitative estimate of drug-likeness (QED) is 0.680. The van der Waals surface area contributed by atoms with Crippen molar-refractivity contribution in [2.45, 2.75) is 13.3 Å². The van der Waals surface area contributed by atoms with E-state index >= 15 is 0 Å². The second-order valence-corrected chi connectivity index (χ2v) is 2.95. The Morgan fingerprint density at radius 2 is 2.46 bits per heavy atom. The maximum atomic E-state index is 10.8. The number of Topliss-reactive ketones (excluding diaryl/α,β-unsaturated/α-hetero) is 1. The molecule has 0 aliphatic carbocycles.